The maximum absolute atomic E-state index is 11.8. The van der Waals surface area contributed by atoms with E-state index >= 15 is 0 Å². The number of carbonyl (C=O) groups excluding carboxylic acids is 1. The monoisotopic (exact) mass is 293 g/mol. The highest BCUT2D eigenvalue weighted by Crippen LogP contribution is 2.27. The van der Waals surface area contributed by atoms with Crippen LogP contribution in [0.15, 0.2) is 18.2 Å². The van der Waals surface area contributed by atoms with Crippen molar-refractivity contribution in [1.82, 2.24) is 5.32 Å². The second-order valence-electron chi connectivity index (χ2n) is 5.10. The Labute approximate surface area is 122 Å². The first-order chi connectivity index (χ1) is 10.1. The van der Waals surface area contributed by atoms with E-state index in [1.165, 1.54) is 12.1 Å². The van der Waals surface area contributed by atoms with E-state index in [-0.39, 0.29) is 36.5 Å². The summed E-state index contributed by atoms with van der Waals surface area (Å²) in [5.41, 5.74) is 6.05. The molecule has 0 spiro atoms. The van der Waals surface area contributed by atoms with E-state index in [0.29, 0.717) is 5.56 Å². The van der Waals surface area contributed by atoms with Crippen molar-refractivity contribution in [3.8, 4) is 5.75 Å². The molecule has 3 N–H and O–H groups in total. The zero-order valence-corrected chi connectivity index (χ0v) is 11.7. The molecule has 0 aliphatic heterocycles. The maximum Gasteiger partial charge on any atom is 0.310 e. The van der Waals surface area contributed by atoms with Gasteiger partial charge in [-0.15, -0.1) is 0 Å². The fourth-order valence-electron chi connectivity index (χ4n) is 2.43. The molecule has 1 aromatic carbocycles. The summed E-state index contributed by atoms with van der Waals surface area (Å²) >= 11 is 0. The largest absolute Gasteiger partial charge is 0.477 e. The Balaban J connectivity index is 1.97. The minimum Gasteiger partial charge on any atom is -0.477 e. The van der Waals surface area contributed by atoms with Gasteiger partial charge >= 0.3 is 5.69 Å². The van der Waals surface area contributed by atoms with E-state index in [9.17, 15) is 14.9 Å². The third-order valence-electron chi connectivity index (χ3n) is 3.54. The van der Waals surface area contributed by atoms with Crippen molar-refractivity contribution in [2.75, 3.05) is 6.61 Å². The standard InChI is InChI=1S/C14H19N3O4/c15-8-10-5-6-12(17(19)20)13(7-10)21-9-14(18)16-11-3-1-2-4-11/h5-7,11H,1-4,8-9,15H2,(H,16,18). The molecular formula is C14H19N3O4. The van der Waals surface area contributed by atoms with E-state index in [4.69, 9.17) is 10.5 Å². The molecule has 0 saturated heterocycles. The van der Waals surface area contributed by atoms with Crippen LogP contribution in [0.2, 0.25) is 0 Å². The summed E-state index contributed by atoms with van der Waals surface area (Å²) in [4.78, 5) is 22.2. The quantitative estimate of drug-likeness (QED) is 0.610. The molecule has 1 fully saturated rings. The first kappa shape index (κ1) is 15.2. The molecule has 114 valence electrons. The predicted octanol–water partition coefficient (Wildman–Crippen LogP) is 1.49. The fourth-order valence-corrected chi connectivity index (χ4v) is 2.43. The summed E-state index contributed by atoms with van der Waals surface area (Å²) in [6.07, 6.45) is 4.20. The summed E-state index contributed by atoms with van der Waals surface area (Å²) < 4.78 is 5.30. The molecule has 7 nitrogen and oxygen atoms in total. The van der Waals surface area contributed by atoms with Crippen LogP contribution in [0.1, 0.15) is 31.2 Å². The summed E-state index contributed by atoms with van der Waals surface area (Å²) in [6, 6.07) is 4.61. The van der Waals surface area contributed by atoms with E-state index < -0.39 is 4.92 Å². The molecule has 0 atom stereocenters. The second-order valence-corrected chi connectivity index (χ2v) is 5.10. The van der Waals surface area contributed by atoms with E-state index in [1.54, 1.807) is 6.07 Å². The molecule has 1 aromatic rings. The number of nitrogens with one attached hydrogen (secondary N) is 1. The van der Waals surface area contributed by atoms with Gasteiger partial charge in [0.05, 0.1) is 4.92 Å². The lowest BCUT2D eigenvalue weighted by molar-refractivity contribution is -0.385. The minimum absolute atomic E-state index is 0.0736. The van der Waals surface area contributed by atoms with Crippen LogP contribution in [0, 0.1) is 10.1 Å². The van der Waals surface area contributed by atoms with Gasteiger partial charge in [0, 0.05) is 18.7 Å². The Hall–Kier alpha value is -2.15. The van der Waals surface area contributed by atoms with Crippen molar-refractivity contribution in [2.24, 2.45) is 5.73 Å². The number of rotatable bonds is 6. The highest BCUT2D eigenvalue weighted by Gasteiger charge is 2.19. The SMILES string of the molecule is NCc1ccc([N+](=O)[O-])c(OCC(=O)NC2CCCC2)c1. The molecule has 7 heteroatoms. The van der Waals surface area contributed by atoms with E-state index in [0.717, 1.165) is 25.7 Å². The molecule has 0 heterocycles. The van der Waals surface area contributed by atoms with Crippen LogP contribution in [0.25, 0.3) is 0 Å². The van der Waals surface area contributed by atoms with Crippen LogP contribution >= 0.6 is 0 Å². The molecule has 21 heavy (non-hydrogen) atoms. The summed E-state index contributed by atoms with van der Waals surface area (Å²) in [5.74, 6) is -0.182. The van der Waals surface area contributed by atoms with E-state index in [1.807, 2.05) is 0 Å². The van der Waals surface area contributed by atoms with Gasteiger partial charge in [0.15, 0.2) is 12.4 Å². The number of carbonyl (C=O) groups is 1. The zero-order chi connectivity index (χ0) is 15.2. The predicted molar refractivity (Wildman–Crippen MR) is 76.9 cm³/mol. The van der Waals surface area contributed by atoms with Gasteiger partial charge in [-0.25, -0.2) is 0 Å². The average Bonchev–Trinajstić information content (AvgIpc) is 2.97. The molecule has 0 radical (unpaired) electrons. The smallest absolute Gasteiger partial charge is 0.310 e. The average molecular weight is 293 g/mol. The summed E-state index contributed by atoms with van der Waals surface area (Å²) in [6.45, 7) is 0.0218. The Morgan fingerprint density at radius 2 is 2.14 bits per heavy atom. The minimum atomic E-state index is -0.537. The molecule has 0 aromatic heterocycles. The van der Waals surface area contributed by atoms with Crippen molar-refractivity contribution >= 4 is 11.6 Å². The number of ether oxygens (including phenoxy) is 1. The van der Waals surface area contributed by atoms with Crippen LogP contribution in [-0.4, -0.2) is 23.5 Å². The Morgan fingerprint density at radius 1 is 1.43 bits per heavy atom. The number of nitrogens with zero attached hydrogens (tertiary/aromatic N) is 1. The first-order valence-electron chi connectivity index (χ1n) is 6.99. The zero-order valence-electron chi connectivity index (χ0n) is 11.7. The number of hydrogen-bond donors (Lipinski definition) is 2. The highest BCUT2D eigenvalue weighted by atomic mass is 16.6. The van der Waals surface area contributed by atoms with Gasteiger partial charge in [-0.1, -0.05) is 18.9 Å². The lowest BCUT2D eigenvalue weighted by Crippen LogP contribution is -2.36. The number of nitrogens with two attached hydrogens (primary N) is 1. The van der Waals surface area contributed by atoms with E-state index in [2.05, 4.69) is 5.32 Å². The van der Waals surface area contributed by atoms with Crippen molar-refractivity contribution in [1.29, 1.82) is 0 Å². The third kappa shape index (κ3) is 4.16. The van der Waals surface area contributed by atoms with Crippen molar-refractivity contribution in [2.45, 2.75) is 38.3 Å². The van der Waals surface area contributed by atoms with Gasteiger partial charge < -0.3 is 15.8 Å². The van der Waals surface area contributed by atoms with Gasteiger partial charge in [0.2, 0.25) is 0 Å². The number of nitro benzene ring substituents is 1. The molecule has 1 amide bonds. The van der Waals surface area contributed by atoms with Crippen LogP contribution in [0.4, 0.5) is 5.69 Å². The number of nitro groups is 1. The first-order valence-corrected chi connectivity index (χ1v) is 6.99. The van der Waals surface area contributed by atoms with Gasteiger partial charge in [-0.3, -0.25) is 14.9 Å². The lowest BCUT2D eigenvalue weighted by Gasteiger charge is -2.12. The Kier molecular flexibility index (Phi) is 5.10. The van der Waals surface area contributed by atoms with Crippen LogP contribution in [0.5, 0.6) is 5.75 Å². The van der Waals surface area contributed by atoms with Gasteiger partial charge in [-0.05, 0) is 24.5 Å². The van der Waals surface area contributed by atoms with Crippen LogP contribution in [0.3, 0.4) is 0 Å². The summed E-state index contributed by atoms with van der Waals surface area (Å²) in [5, 5.41) is 13.8. The van der Waals surface area contributed by atoms with Crippen molar-refractivity contribution < 1.29 is 14.5 Å². The Morgan fingerprint density at radius 3 is 2.76 bits per heavy atom. The van der Waals surface area contributed by atoms with Crippen molar-refractivity contribution in [3.05, 3.63) is 33.9 Å². The third-order valence-corrected chi connectivity index (χ3v) is 3.54. The maximum atomic E-state index is 11.8. The Bertz CT molecular complexity index is 527. The van der Waals surface area contributed by atoms with Gasteiger partial charge in [0.1, 0.15) is 0 Å². The van der Waals surface area contributed by atoms with Crippen molar-refractivity contribution in [3.63, 3.8) is 0 Å². The molecule has 1 aliphatic carbocycles. The molecular weight excluding hydrogens is 274 g/mol. The molecule has 1 aliphatic rings. The summed E-state index contributed by atoms with van der Waals surface area (Å²) in [7, 11) is 0. The number of amides is 1. The number of hydrogen-bond acceptors (Lipinski definition) is 5. The lowest BCUT2D eigenvalue weighted by atomic mass is 10.2. The van der Waals surface area contributed by atoms with Crippen LogP contribution in [-0.2, 0) is 11.3 Å². The van der Waals surface area contributed by atoms with Gasteiger partial charge in [-0.2, -0.15) is 0 Å². The highest BCUT2D eigenvalue weighted by molar-refractivity contribution is 5.78. The topological polar surface area (TPSA) is 107 Å². The molecule has 1 saturated carbocycles. The van der Waals surface area contributed by atoms with Gasteiger partial charge in [0.25, 0.3) is 5.91 Å². The van der Waals surface area contributed by atoms with Crippen LogP contribution < -0.4 is 15.8 Å². The fraction of sp³-hybridized carbons (Fsp3) is 0.500. The molecule has 0 unspecified atom stereocenters. The molecule has 0 bridgehead atoms. The number of benzene rings is 1. The normalized spacial score (nSPS) is 14.9. The second kappa shape index (κ2) is 7.03. The molecule has 2 rings (SSSR count).